The van der Waals surface area contributed by atoms with Gasteiger partial charge in [0.2, 0.25) is 0 Å². The maximum absolute atomic E-state index is 12.1. The van der Waals surface area contributed by atoms with E-state index in [9.17, 15) is 4.79 Å². The van der Waals surface area contributed by atoms with E-state index in [-0.39, 0.29) is 12.5 Å². The first-order valence-electron chi connectivity index (χ1n) is 7.59. The normalized spacial score (nSPS) is 10.4. The van der Waals surface area contributed by atoms with Crippen LogP contribution in [0, 0.1) is 6.92 Å². The third-order valence-electron chi connectivity index (χ3n) is 3.22. The number of halogens is 2. The average Bonchev–Trinajstić information content (AvgIpc) is 2.54. The summed E-state index contributed by atoms with van der Waals surface area (Å²) in [6, 6.07) is 11.0. The Morgan fingerprint density at radius 2 is 1.92 bits per heavy atom. The van der Waals surface area contributed by atoms with Crippen LogP contribution in [-0.2, 0) is 9.53 Å². The third kappa shape index (κ3) is 6.34. The number of ether oxygens (including phenoxy) is 3. The van der Waals surface area contributed by atoms with Crippen molar-refractivity contribution in [2.75, 3.05) is 32.2 Å². The molecule has 0 spiro atoms. The van der Waals surface area contributed by atoms with E-state index < -0.39 is 0 Å². The highest BCUT2D eigenvalue weighted by atomic mass is 79.9. The molecule has 2 aromatic rings. The van der Waals surface area contributed by atoms with Crippen molar-refractivity contribution in [1.82, 2.24) is 0 Å². The van der Waals surface area contributed by atoms with Crippen molar-refractivity contribution in [1.29, 1.82) is 0 Å². The lowest BCUT2D eigenvalue weighted by atomic mass is 10.2. The summed E-state index contributed by atoms with van der Waals surface area (Å²) in [7, 11) is 1.62. The minimum atomic E-state index is -0.247. The second-order valence-corrected chi connectivity index (χ2v) is 7.01. The molecule has 25 heavy (non-hydrogen) atoms. The SMILES string of the molecule is COCCOc1cccc(NC(=O)COc2c(C)cc(Br)cc2Br)c1. The number of carbonyl (C=O) groups is 1. The lowest BCUT2D eigenvalue weighted by Gasteiger charge is -2.12. The molecule has 0 aliphatic rings. The van der Waals surface area contributed by atoms with Crippen LogP contribution in [0.2, 0.25) is 0 Å². The van der Waals surface area contributed by atoms with E-state index in [0.29, 0.717) is 30.4 Å². The van der Waals surface area contributed by atoms with Crippen molar-refractivity contribution in [2.24, 2.45) is 0 Å². The molecule has 0 atom stereocenters. The first-order valence-corrected chi connectivity index (χ1v) is 9.18. The molecule has 0 aliphatic carbocycles. The Labute approximate surface area is 163 Å². The smallest absolute Gasteiger partial charge is 0.262 e. The molecule has 0 radical (unpaired) electrons. The Hall–Kier alpha value is -1.57. The molecule has 0 fully saturated rings. The Bertz CT molecular complexity index is 714. The second-order valence-electron chi connectivity index (χ2n) is 5.24. The van der Waals surface area contributed by atoms with Gasteiger partial charge in [-0.15, -0.1) is 0 Å². The van der Waals surface area contributed by atoms with Crippen molar-refractivity contribution in [3.05, 3.63) is 50.9 Å². The van der Waals surface area contributed by atoms with E-state index in [0.717, 1.165) is 14.5 Å². The summed E-state index contributed by atoms with van der Waals surface area (Å²) in [6.45, 7) is 2.79. The molecule has 0 saturated heterocycles. The van der Waals surface area contributed by atoms with Crippen LogP contribution in [0.1, 0.15) is 5.56 Å². The van der Waals surface area contributed by atoms with Gasteiger partial charge in [0, 0.05) is 23.3 Å². The van der Waals surface area contributed by atoms with Crippen molar-refractivity contribution in [2.45, 2.75) is 6.92 Å². The molecule has 0 saturated carbocycles. The maximum Gasteiger partial charge on any atom is 0.262 e. The Morgan fingerprint density at radius 3 is 2.64 bits per heavy atom. The van der Waals surface area contributed by atoms with Gasteiger partial charge in [0.05, 0.1) is 11.1 Å². The second kappa shape index (κ2) is 9.79. The third-order valence-corrected chi connectivity index (χ3v) is 4.26. The monoisotopic (exact) mass is 471 g/mol. The van der Waals surface area contributed by atoms with Crippen LogP contribution in [0.25, 0.3) is 0 Å². The average molecular weight is 473 g/mol. The summed E-state index contributed by atoms with van der Waals surface area (Å²) in [4.78, 5) is 12.1. The summed E-state index contributed by atoms with van der Waals surface area (Å²) in [5.41, 5.74) is 1.58. The topological polar surface area (TPSA) is 56.8 Å². The van der Waals surface area contributed by atoms with Gasteiger partial charge in [-0.2, -0.15) is 0 Å². The minimum absolute atomic E-state index is 0.0875. The fourth-order valence-corrected chi connectivity index (χ4v) is 3.67. The number of amides is 1. The van der Waals surface area contributed by atoms with Gasteiger partial charge in [-0.25, -0.2) is 0 Å². The molecular formula is C18H19Br2NO4. The van der Waals surface area contributed by atoms with Gasteiger partial charge in [0.25, 0.3) is 5.91 Å². The maximum atomic E-state index is 12.1. The lowest BCUT2D eigenvalue weighted by Crippen LogP contribution is -2.20. The molecule has 1 amide bonds. The highest BCUT2D eigenvalue weighted by molar-refractivity contribution is 9.11. The number of benzene rings is 2. The number of hydrogen-bond acceptors (Lipinski definition) is 4. The number of hydrogen-bond donors (Lipinski definition) is 1. The number of carbonyl (C=O) groups excluding carboxylic acids is 1. The van der Waals surface area contributed by atoms with Crippen molar-refractivity contribution in [3.8, 4) is 11.5 Å². The molecule has 0 unspecified atom stereocenters. The molecule has 134 valence electrons. The highest BCUT2D eigenvalue weighted by Gasteiger charge is 2.10. The lowest BCUT2D eigenvalue weighted by molar-refractivity contribution is -0.118. The van der Waals surface area contributed by atoms with Crippen LogP contribution in [0.3, 0.4) is 0 Å². The van der Waals surface area contributed by atoms with Crippen LogP contribution >= 0.6 is 31.9 Å². The summed E-state index contributed by atoms with van der Waals surface area (Å²) < 4.78 is 17.8. The quantitative estimate of drug-likeness (QED) is 0.572. The van der Waals surface area contributed by atoms with Gasteiger partial charge in [-0.1, -0.05) is 22.0 Å². The van der Waals surface area contributed by atoms with Crippen LogP contribution in [0.5, 0.6) is 11.5 Å². The van der Waals surface area contributed by atoms with Gasteiger partial charge < -0.3 is 19.5 Å². The standard InChI is InChI=1S/C18H19Br2NO4/c1-12-8-13(19)9-16(20)18(12)25-11-17(22)21-14-4-3-5-15(10-14)24-7-6-23-2/h3-5,8-10H,6-7,11H2,1-2H3,(H,21,22). The zero-order valence-electron chi connectivity index (χ0n) is 14.0. The van der Waals surface area contributed by atoms with Gasteiger partial charge in [-0.3, -0.25) is 4.79 Å². The van der Waals surface area contributed by atoms with Crippen LogP contribution in [0.4, 0.5) is 5.69 Å². The predicted octanol–water partition coefficient (Wildman–Crippen LogP) is 4.56. The molecule has 0 bridgehead atoms. The highest BCUT2D eigenvalue weighted by Crippen LogP contribution is 2.32. The fourth-order valence-electron chi connectivity index (χ4n) is 2.11. The zero-order chi connectivity index (χ0) is 18.2. The van der Waals surface area contributed by atoms with Gasteiger partial charge in [0.15, 0.2) is 6.61 Å². The molecule has 0 heterocycles. The molecule has 7 heteroatoms. The minimum Gasteiger partial charge on any atom is -0.491 e. The summed E-state index contributed by atoms with van der Waals surface area (Å²) in [5.74, 6) is 1.07. The largest absolute Gasteiger partial charge is 0.491 e. The Morgan fingerprint density at radius 1 is 1.12 bits per heavy atom. The molecule has 2 rings (SSSR count). The molecular weight excluding hydrogens is 454 g/mol. The molecule has 2 aromatic carbocycles. The molecule has 0 aromatic heterocycles. The fraction of sp³-hybridized carbons (Fsp3) is 0.278. The van der Waals surface area contributed by atoms with Gasteiger partial charge in [-0.05, 0) is 52.7 Å². The number of rotatable bonds is 8. The first kappa shape index (κ1) is 19.8. The summed E-state index contributed by atoms with van der Waals surface area (Å²) in [6.07, 6.45) is 0. The number of methoxy groups -OCH3 is 1. The molecule has 5 nitrogen and oxygen atoms in total. The zero-order valence-corrected chi connectivity index (χ0v) is 17.1. The van der Waals surface area contributed by atoms with E-state index in [1.54, 1.807) is 19.2 Å². The van der Waals surface area contributed by atoms with E-state index >= 15 is 0 Å². The summed E-state index contributed by atoms with van der Waals surface area (Å²) in [5, 5.41) is 2.79. The van der Waals surface area contributed by atoms with Gasteiger partial charge in [0.1, 0.15) is 18.1 Å². The van der Waals surface area contributed by atoms with Crippen molar-refractivity contribution in [3.63, 3.8) is 0 Å². The van der Waals surface area contributed by atoms with E-state index in [4.69, 9.17) is 14.2 Å². The Balaban J connectivity index is 1.91. The van der Waals surface area contributed by atoms with E-state index in [2.05, 4.69) is 37.2 Å². The first-order chi connectivity index (χ1) is 12.0. The van der Waals surface area contributed by atoms with Gasteiger partial charge >= 0.3 is 0 Å². The Kier molecular flexibility index (Phi) is 7.74. The van der Waals surface area contributed by atoms with Crippen molar-refractivity contribution < 1.29 is 19.0 Å². The molecule has 1 N–H and O–H groups in total. The predicted molar refractivity (Wildman–Crippen MR) is 105 cm³/mol. The van der Waals surface area contributed by atoms with E-state index in [1.807, 2.05) is 31.2 Å². The van der Waals surface area contributed by atoms with Crippen molar-refractivity contribution >= 4 is 43.5 Å². The summed E-state index contributed by atoms with van der Waals surface area (Å²) >= 11 is 6.86. The van der Waals surface area contributed by atoms with E-state index in [1.165, 1.54) is 0 Å². The van der Waals surface area contributed by atoms with Crippen LogP contribution in [-0.4, -0.2) is 32.8 Å². The number of aryl methyl sites for hydroxylation is 1. The van der Waals surface area contributed by atoms with Crippen LogP contribution in [0.15, 0.2) is 45.3 Å². The van der Waals surface area contributed by atoms with Crippen LogP contribution < -0.4 is 14.8 Å². The number of anilines is 1. The number of nitrogens with one attached hydrogen (secondary N) is 1. The molecule has 0 aliphatic heterocycles.